The number of piperidine rings is 1. The Morgan fingerprint density at radius 2 is 1.56 bits per heavy atom. The Morgan fingerprint density at radius 1 is 0.861 bits per heavy atom. The van der Waals surface area contributed by atoms with Crippen molar-refractivity contribution in [1.29, 1.82) is 0 Å². The number of likely N-dealkylation sites (tertiary alicyclic amines) is 1. The van der Waals surface area contributed by atoms with Crippen molar-refractivity contribution in [2.45, 2.75) is 39.0 Å². The van der Waals surface area contributed by atoms with E-state index < -0.39 is 0 Å². The van der Waals surface area contributed by atoms with Gasteiger partial charge in [-0.25, -0.2) is 0 Å². The molecule has 1 aliphatic rings. The zero-order valence-corrected chi connectivity index (χ0v) is 20.6. The Bertz CT molecular complexity index is 1100. The first-order valence-electron chi connectivity index (χ1n) is 12.6. The minimum absolute atomic E-state index is 0.00644. The third-order valence-corrected chi connectivity index (χ3v) is 6.41. The summed E-state index contributed by atoms with van der Waals surface area (Å²) in [5, 5.41) is 3.08. The van der Waals surface area contributed by atoms with Gasteiger partial charge in [-0.3, -0.25) is 9.59 Å². The monoisotopic (exact) mass is 486 g/mol. The summed E-state index contributed by atoms with van der Waals surface area (Å²) in [5.74, 6) is 0.587. The molecule has 1 atom stereocenters. The number of hydrogen-bond acceptors (Lipinski definition) is 4. The van der Waals surface area contributed by atoms with Gasteiger partial charge in [0, 0.05) is 19.6 Å². The lowest BCUT2D eigenvalue weighted by Gasteiger charge is -2.32. The van der Waals surface area contributed by atoms with Crippen LogP contribution in [0.25, 0.3) is 0 Å². The molecule has 3 aromatic rings. The van der Waals surface area contributed by atoms with Gasteiger partial charge in [-0.1, -0.05) is 72.8 Å². The molecule has 2 amide bonds. The molecule has 0 aliphatic carbocycles. The molecule has 0 spiro atoms. The quantitative estimate of drug-likeness (QED) is 0.426. The largest absolute Gasteiger partial charge is 0.493 e. The Labute approximate surface area is 213 Å². The maximum atomic E-state index is 12.9. The summed E-state index contributed by atoms with van der Waals surface area (Å²) in [7, 11) is 0. The first-order valence-corrected chi connectivity index (χ1v) is 12.6. The molecule has 0 bridgehead atoms. The maximum Gasteiger partial charge on any atom is 0.226 e. The van der Waals surface area contributed by atoms with Crippen LogP contribution in [0.2, 0.25) is 0 Å². The first-order chi connectivity index (χ1) is 17.7. The van der Waals surface area contributed by atoms with Gasteiger partial charge in [-0.2, -0.15) is 0 Å². The normalized spacial score (nSPS) is 15.3. The van der Waals surface area contributed by atoms with Crippen molar-refractivity contribution in [2.75, 3.05) is 19.7 Å². The van der Waals surface area contributed by atoms with Gasteiger partial charge in [0.1, 0.15) is 5.75 Å². The standard InChI is InChI=1S/C30H34N2O4/c33-29(17-19-36-28-15-5-2-6-16-28)32-18-9-14-26(21-32)30(34)31-20-25-12-7-8-13-27(25)23-35-22-24-10-3-1-4-11-24/h1-8,10-13,15-16,26H,9,14,17-23H2,(H,31,34). The minimum atomic E-state index is -0.195. The minimum Gasteiger partial charge on any atom is -0.493 e. The molecule has 188 valence electrons. The SMILES string of the molecule is O=C(NCc1ccccc1COCc1ccccc1)C1CCCN(C(=O)CCOc2ccccc2)C1. The molecule has 1 unspecified atom stereocenters. The Hall–Kier alpha value is -3.64. The smallest absolute Gasteiger partial charge is 0.226 e. The van der Waals surface area contributed by atoms with Crippen LogP contribution in [-0.2, 0) is 34.1 Å². The first kappa shape index (κ1) is 25.5. The van der Waals surface area contributed by atoms with Crippen LogP contribution in [0.3, 0.4) is 0 Å². The summed E-state index contributed by atoms with van der Waals surface area (Å²) in [6.07, 6.45) is 1.92. The zero-order valence-electron chi connectivity index (χ0n) is 20.6. The Balaban J connectivity index is 1.22. The lowest BCUT2D eigenvalue weighted by Crippen LogP contribution is -2.45. The molecule has 36 heavy (non-hydrogen) atoms. The van der Waals surface area contributed by atoms with Crippen molar-refractivity contribution in [3.05, 3.63) is 102 Å². The number of benzene rings is 3. The van der Waals surface area contributed by atoms with Gasteiger partial charge in [-0.05, 0) is 41.7 Å². The fraction of sp³-hybridized carbons (Fsp3) is 0.333. The summed E-state index contributed by atoms with van der Waals surface area (Å²) in [5.41, 5.74) is 3.24. The van der Waals surface area contributed by atoms with E-state index in [1.807, 2.05) is 84.9 Å². The predicted molar refractivity (Wildman–Crippen MR) is 139 cm³/mol. The number of hydrogen-bond donors (Lipinski definition) is 1. The highest BCUT2D eigenvalue weighted by Gasteiger charge is 2.28. The van der Waals surface area contributed by atoms with Crippen molar-refractivity contribution in [3.8, 4) is 5.75 Å². The summed E-state index contributed by atoms with van der Waals surface area (Å²) < 4.78 is 11.6. The fourth-order valence-electron chi connectivity index (χ4n) is 4.40. The highest BCUT2D eigenvalue weighted by Crippen LogP contribution is 2.19. The second-order valence-electron chi connectivity index (χ2n) is 9.06. The topological polar surface area (TPSA) is 67.9 Å². The van der Waals surface area contributed by atoms with Crippen LogP contribution in [-0.4, -0.2) is 36.4 Å². The molecule has 0 aromatic heterocycles. The Kier molecular flexibility index (Phi) is 9.51. The van der Waals surface area contributed by atoms with Gasteiger partial charge >= 0.3 is 0 Å². The van der Waals surface area contributed by atoms with Crippen LogP contribution >= 0.6 is 0 Å². The van der Waals surface area contributed by atoms with Crippen LogP contribution in [0.4, 0.5) is 0 Å². The number of nitrogens with zero attached hydrogens (tertiary/aromatic N) is 1. The van der Waals surface area contributed by atoms with Gasteiger partial charge in [0.15, 0.2) is 0 Å². The van der Waals surface area contributed by atoms with Gasteiger partial charge in [0.05, 0.1) is 32.2 Å². The summed E-state index contributed by atoms with van der Waals surface area (Å²) in [4.78, 5) is 27.4. The highest BCUT2D eigenvalue weighted by molar-refractivity contribution is 5.81. The molecule has 6 heteroatoms. The van der Waals surface area contributed by atoms with Crippen molar-refractivity contribution in [3.63, 3.8) is 0 Å². The number of amides is 2. The lowest BCUT2D eigenvalue weighted by atomic mass is 9.96. The molecular formula is C30H34N2O4. The fourth-order valence-corrected chi connectivity index (χ4v) is 4.40. The second kappa shape index (κ2) is 13.4. The lowest BCUT2D eigenvalue weighted by molar-refractivity contribution is -0.136. The highest BCUT2D eigenvalue weighted by atomic mass is 16.5. The number of carbonyl (C=O) groups excluding carboxylic acids is 2. The van der Waals surface area contributed by atoms with E-state index in [0.29, 0.717) is 45.9 Å². The molecule has 1 aliphatic heterocycles. The molecular weight excluding hydrogens is 452 g/mol. The third kappa shape index (κ3) is 7.68. The third-order valence-electron chi connectivity index (χ3n) is 6.41. The predicted octanol–water partition coefficient (Wildman–Crippen LogP) is 4.73. The van der Waals surface area contributed by atoms with Gasteiger partial charge in [0.2, 0.25) is 11.8 Å². The van der Waals surface area contributed by atoms with E-state index in [1.54, 1.807) is 4.90 Å². The van der Waals surface area contributed by atoms with Crippen molar-refractivity contribution in [1.82, 2.24) is 10.2 Å². The molecule has 1 fully saturated rings. The molecule has 3 aromatic carbocycles. The maximum absolute atomic E-state index is 12.9. The number of para-hydroxylation sites is 1. The summed E-state index contributed by atoms with van der Waals surface area (Å²) in [6.45, 7) is 2.95. The van der Waals surface area contributed by atoms with E-state index in [2.05, 4.69) is 5.32 Å². The van der Waals surface area contributed by atoms with Crippen LogP contribution in [0.5, 0.6) is 5.75 Å². The van der Waals surface area contributed by atoms with Crippen LogP contribution in [0.1, 0.15) is 36.0 Å². The van der Waals surface area contributed by atoms with Crippen molar-refractivity contribution in [2.24, 2.45) is 5.92 Å². The molecule has 6 nitrogen and oxygen atoms in total. The summed E-state index contributed by atoms with van der Waals surface area (Å²) >= 11 is 0. The molecule has 1 heterocycles. The number of nitrogens with one attached hydrogen (secondary N) is 1. The number of carbonyl (C=O) groups is 2. The van der Waals surface area contributed by atoms with Crippen LogP contribution in [0, 0.1) is 5.92 Å². The van der Waals surface area contributed by atoms with E-state index >= 15 is 0 Å². The average molecular weight is 487 g/mol. The van der Waals surface area contributed by atoms with E-state index in [-0.39, 0.29) is 17.7 Å². The molecule has 0 radical (unpaired) electrons. The Morgan fingerprint density at radius 3 is 2.33 bits per heavy atom. The van der Waals surface area contributed by atoms with E-state index in [1.165, 1.54) is 0 Å². The van der Waals surface area contributed by atoms with Crippen LogP contribution in [0.15, 0.2) is 84.9 Å². The van der Waals surface area contributed by atoms with Crippen molar-refractivity contribution < 1.29 is 19.1 Å². The zero-order chi connectivity index (χ0) is 25.0. The van der Waals surface area contributed by atoms with Crippen molar-refractivity contribution >= 4 is 11.8 Å². The molecule has 0 saturated carbocycles. The second-order valence-corrected chi connectivity index (χ2v) is 9.06. The van der Waals surface area contributed by atoms with E-state index in [0.717, 1.165) is 35.3 Å². The van der Waals surface area contributed by atoms with Gasteiger partial charge in [0.25, 0.3) is 0 Å². The molecule has 1 saturated heterocycles. The van der Waals surface area contributed by atoms with E-state index in [4.69, 9.17) is 9.47 Å². The average Bonchev–Trinajstić information content (AvgIpc) is 2.93. The number of rotatable bonds is 11. The number of ether oxygens (including phenoxy) is 2. The van der Waals surface area contributed by atoms with E-state index in [9.17, 15) is 9.59 Å². The summed E-state index contributed by atoms with van der Waals surface area (Å²) in [6, 6.07) is 27.6. The van der Waals surface area contributed by atoms with Gasteiger partial charge in [-0.15, -0.1) is 0 Å². The molecule has 4 rings (SSSR count). The molecule has 1 N–H and O–H groups in total. The van der Waals surface area contributed by atoms with Crippen LogP contribution < -0.4 is 10.1 Å². The van der Waals surface area contributed by atoms with Gasteiger partial charge < -0.3 is 19.7 Å².